The molecule has 1 fully saturated rings. The number of azide groups is 1. The van der Waals surface area contributed by atoms with Gasteiger partial charge < -0.3 is 54.5 Å². The molecule has 0 radical (unpaired) electrons. The summed E-state index contributed by atoms with van der Waals surface area (Å²) in [5, 5.41) is 16.9. The molecule has 292 valence electrons. The van der Waals surface area contributed by atoms with Crippen LogP contribution in [0.15, 0.2) is 22.2 Å². The first-order valence-electron chi connectivity index (χ1n) is 16.0. The Hall–Kier alpha value is -2.56. The Morgan fingerprint density at radius 1 is 0.980 bits per heavy atom. The topological polar surface area (TPSA) is 328 Å². The molecule has 23 nitrogen and oxygen atoms in total. The molecule has 1 aromatic rings. The van der Waals surface area contributed by atoms with Gasteiger partial charge in [-0.1, -0.05) is 18.0 Å². The number of phosphoric acid groups is 2. The summed E-state index contributed by atoms with van der Waals surface area (Å²) in [7, 11) is -9.84. The number of carbonyl (C=O) groups excluding carboxylic acids is 1. The standard InChI is InChI=1S/C26H47N7O16P2/c27-21-5-9-33(26(36)31-21)25-23(35)24(20(48-25)19-47-50(37,38)39)49-51(40,41)46-10-4-2-1-3-7-29-22(34)6-11-42-13-15-44-17-18-45-16-14-43-12-8-30-32-28/h5,9,20,23-25,35H,1-4,6-8,10-19H2,(H,29,34)(H,40,41)(H2,27,31,36)(H2,37,38,39)/t20-,23?,24?,25-/m1/s1. The Bertz CT molecular complexity index is 1360. The van der Waals surface area contributed by atoms with Crippen LogP contribution in [-0.4, -0.2) is 133 Å². The van der Waals surface area contributed by atoms with Crippen molar-refractivity contribution < 1.29 is 71.0 Å². The Balaban J connectivity index is 1.54. The van der Waals surface area contributed by atoms with Gasteiger partial charge in [0.1, 0.15) is 24.1 Å². The smallest absolute Gasteiger partial charge is 0.386 e. The van der Waals surface area contributed by atoms with Crippen molar-refractivity contribution in [2.45, 2.75) is 56.6 Å². The molecule has 1 saturated heterocycles. The number of rotatable bonds is 29. The van der Waals surface area contributed by atoms with Crippen molar-refractivity contribution in [1.82, 2.24) is 14.9 Å². The fraction of sp³-hybridized carbons (Fsp3) is 0.808. The lowest BCUT2D eigenvalue weighted by Crippen LogP contribution is -2.37. The Labute approximate surface area is 293 Å². The average Bonchev–Trinajstić information content (AvgIpc) is 3.36. The lowest BCUT2D eigenvalue weighted by Gasteiger charge is -2.23. The lowest BCUT2D eigenvalue weighted by molar-refractivity contribution is -0.122. The van der Waals surface area contributed by atoms with Gasteiger partial charge in [0.2, 0.25) is 5.91 Å². The molecule has 7 N–H and O–H groups in total. The summed E-state index contributed by atoms with van der Waals surface area (Å²) in [4.78, 5) is 58.7. The summed E-state index contributed by atoms with van der Waals surface area (Å²) < 4.78 is 66.0. The van der Waals surface area contributed by atoms with Gasteiger partial charge in [-0.05, 0) is 24.4 Å². The number of amides is 1. The summed E-state index contributed by atoms with van der Waals surface area (Å²) in [5.74, 6) is -0.286. The first-order valence-corrected chi connectivity index (χ1v) is 19.0. The minimum atomic E-state index is -5.00. The molecule has 1 aliphatic rings. The molecule has 3 unspecified atom stereocenters. The number of ether oxygens (including phenoxy) is 5. The minimum Gasteiger partial charge on any atom is -0.386 e. The minimum absolute atomic E-state index is 0.115. The van der Waals surface area contributed by atoms with Gasteiger partial charge in [-0.25, -0.2) is 13.9 Å². The third-order valence-electron chi connectivity index (χ3n) is 6.73. The molecule has 0 bridgehead atoms. The van der Waals surface area contributed by atoms with E-state index in [0.717, 1.165) is 10.8 Å². The zero-order valence-corrected chi connectivity index (χ0v) is 29.7. The number of unbranched alkanes of at least 4 members (excludes halogenated alkanes) is 3. The third-order valence-corrected chi connectivity index (χ3v) is 8.24. The van der Waals surface area contributed by atoms with Crippen LogP contribution >= 0.6 is 15.6 Å². The predicted octanol–water partition coefficient (Wildman–Crippen LogP) is 0.139. The van der Waals surface area contributed by atoms with Crippen molar-refractivity contribution in [3.63, 3.8) is 0 Å². The Morgan fingerprint density at radius 2 is 1.61 bits per heavy atom. The number of nitrogens with zero attached hydrogens (tertiary/aromatic N) is 5. The molecular formula is C26H47N7O16P2. The van der Waals surface area contributed by atoms with E-state index in [1.54, 1.807) is 0 Å². The van der Waals surface area contributed by atoms with Gasteiger partial charge in [0, 0.05) is 30.6 Å². The van der Waals surface area contributed by atoms with Crippen molar-refractivity contribution in [3.8, 4) is 0 Å². The van der Waals surface area contributed by atoms with Crippen LogP contribution in [0.2, 0.25) is 0 Å². The fourth-order valence-corrected chi connectivity index (χ4v) is 5.67. The molecule has 0 aromatic carbocycles. The highest BCUT2D eigenvalue weighted by atomic mass is 31.2. The number of nitrogen functional groups attached to an aromatic ring is 1. The van der Waals surface area contributed by atoms with Crippen LogP contribution in [0.1, 0.15) is 38.3 Å². The second kappa shape index (κ2) is 24.6. The van der Waals surface area contributed by atoms with Crippen LogP contribution in [0, 0.1) is 0 Å². The Morgan fingerprint density at radius 3 is 2.24 bits per heavy atom. The second-order valence-electron chi connectivity index (χ2n) is 10.7. The molecule has 2 heterocycles. The van der Waals surface area contributed by atoms with Gasteiger partial charge in [0.15, 0.2) is 6.23 Å². The highest BCUT2D eigenvalue weighted by Gasteiger charge is 2.49. The zero-order chi connectivity index (χ0) is 37.5. The lowest BCUT2D eigenvalue weighted by atomic mass is 10.1. The zero-order valence-electron chi connectivity index (χ0n) is 27.9. The fourth-order valence-electron chi connectivity index (χ4n) is 4.34. The first-order chi connectivity index (χ1) is 24.3. The highest BCUT2D eigenvalue weighted by Crippen LogP contribution is 2.49. The number of nitrogens with two attached hydrogens (primary N) is 1. The SMILES string of the molecule is [N-]=[N+]=NCCOCCOCCOCCOCCC(=O)NCCCCCCOP(=O)(O)OC1C(O)[C@H](n2ccc(N)nc2=O)O[C@@H]1COP(=O)(O)O. The van der Waals surface area contributed by atoms with Gasteiger partial charge >= 0.3 is 21.3 Å². The van der Waals surface area contributed by atoms with Crippen LogP contribution in [0.5, 0.6) is 0 Å². The van der Waals surface area contributed by atoms with Crippen molar-refractivity contribution in [2.24, 2.45) is 5.11 Å². The van der Waals surface area contributed by atoms with Crippen LogP contribution in [0.3, 0.4) is 0 Å². The summed E-state index contributed by atoms with van der Waals surface area (Å²) in [6.45, 7) is 2.46. The van der Waals surface area contributed by atoms with Crippen LogP contribution in [0.4, 0.5) is 5.82 Å². The van der Waals surface area contributed by atoms with E-state index in [1.807, 2.05) is 0 Å². The van der Waals surface area contributed by atoms with Crippen LogP contribution in [0.25, 0.3) is 10.4 Å². The summed E-state index contributed by atoms with van der Waals surface area (Å²) in [5.41, 5.74) is 12.7. The molecular weight excluding hydrogens is 728 g/mol. The summed E-state index contributed by atoms with van der Waals surface area (Å²) >= 11 is 0. The molecule has 0 saturated carbocycles. The van der Waals surface area contributed by atoms with Crippen molar-refractivity contribution >= 4 is 27.4 Å². The summed E-state index contributed by atoms with van der Waals surface area (Å²) in [6.07, 6.45) is -2.92. The van der Waals surface area contributed by atoms with Gasteiger partial charge in [-0.3, -0.25) is 22.9 Å². The van der Waals surface area contributed by atoms with Gasteiger partial charge in [-0.15, -0.1) is 0 Å². The number of hydrogen-bond acceptors (Lipinski definition) is 16. The van der Waals surface area contributed by atoms with E-state index in [9.17, 15) is 28.7 Å². The van der Waals surface area contributed by atoms with Gasteiger partial charge in [-0.2, -0.15) is 4.98 Å². The number of nitrogens with one attached hydrogen (secondary N) is 1. The molecule has 1 aromatic heterocycles. The maximum absolute atomic E-state index is 12.6. The largest absolute Gasteiger partial charge is 0.472 e. The normalized spacial score (nSPS) is 20.2. The number of anilines is 1. The van der Waals surface area contributed by atoms with E-state index in [4.69, 9.17) is 53.8 Å². The number of aliphatic hydroxyl groups is 1. The van der Waals surface area contributed by atoms with E-state index in [2.05, 4.69) is 24.9 Å². The van der Waals surface area contributed by atoms with Crippen molar-refractivity contribution in [2.75, 3.05) is 84.9 Å². The highest BCUT2D eigenvalue weighted by molar-refractivity contribution is 7.47. The molecule has 0 aliphatic carbocycles. The molecule has 1 aliphatic heterocycles. The van der Waals surface area contributed by atoms with Gasteiger partial charge in [0.05, 0.1) is 66.1 Å². The van der Waals surface area contributed by atoms with E-state index in [-0.39, 0.29) is 37.9 Å². The maximum atomic E-state index is 12.6. The number of phosphoric ester groups is 2. The van der Waals surface area contributed by atoms with E-state index in [0.29, 0.717) is 78.5 Å². The third kappa shape index (κ3) is 19.7. The number of aromatic nitrogens is 2. The van der Waals surface area contributed by atoms with E-state index < -0.39 is 52.5 Å². The molecule has 25 heteroatoms. The first kappa shape index (κ1) is 44.6. The van der Waals surface area contributed by atoms with Crippen molar-refractivity contribution in [3.05, 3.63) is 33.2 Å². The number of carbonyl (C=O) groups is 1. The van der Waals surface area contributed by atoms with Gasteiger partial charge in [0.25, 0.3) is 0 Å². The molecule has 51 heavy (non-hydrogen) atoms. The van der Waals surface area contributed by atoms with Crippen LogP contribution in [-0.2, 0) is 51.2 Å². The molecule has 2 rings (SSSR count). The second-order valence-corrected chi connectivity index (χ2v) is 13.3. The average molecular weight is 776 g/mol. The quantitative estimate of drug-likeness (QED) is 0.0207. The number of aliphatic hydroxyl groups excluding tert-OH is 1. The molecule has 1 amide bonds. The monoisotopic (exact) mass is 775 g/mol. The Kier molecular flexibility index (Phi) is 21.5. The predicted molar refractivity (Wildman–Crippen MR) is 175 cm³/mol. The number of hydrogen-bond donors (Lipinski definition) is 6. The van der Waals surface area contributed by atoms with E-state index in [1.165, 1.54) is 6.07 Å². The molecule has 0 spiro atoms. The maximum Gasteiger partial charge on any atom is 0.472 e. The summed E-state index contributed by atoms with van der Waals surface area (Å²) in [6, 6.07) is 1.23. The van der Waals surface area contributed by atoms with Crippen molar-refractivity contribution in [1.29, 1.82) is 0 Å². The molecule has 5 atom stereocenters. The van der Waals surface area contributed by atoms with E-state index >= 15 is 0 Å². The van der Waals surface area contributed by atoms with Crippen LogP contribution < -0.4 is 16.7 Å².